The van der Waals surface area contributed by atoms with Gasteiger partial charge in [0.2, 0.25) is 10.0 Å². The lowest BCUT2D eigenvalue weighted by Gasteiger charge is -2.09. The lowest BCUT2D eigenvalue weighted by atomic mass is 10.2. The van der Waals surface area contributed by atoms with E-state index in [1.54, 1.807) is 19.1 Å². The molecule has 1 aliphatic rings. The van der Waals surface area contributed by atoms with Gasteiger partial charge in [0.15, 0.2) is 0 Å². The van der Waals surface area contributed by atoms with Crippen LogP contribution in [0.2, 0.25) is 0 Å². The van der Waals surface area contributed by atoms with E-state index in [2.05, 4.69) is 4.72 Å². The molecule has 18 heavy (non-hydrogen) atoms. The molecule has 1 N–H and O–H groups in total. The van der Waals surface area contributed by atoms with E-state index in [0.29, 0.717) is 23.6 Å². The Kier molecular flexibility index (Phi) is 3.69. The van der Waals surface area contributed by atoms with E-state index in [4.69, 9.17) is 5.26 Å². The van der Waals surface area contributed by atoms with Crippen LogP contribution in [-0.4, -0.2) is 15.0 Å². The maximum atomic E-state index is 12.1. The van der Waals surface area contributed by atoms with Crippen LogP contribution in [0.4, 0.5) is 0 Å². The Bertz CT molecular complexity index is 583. The summed E-state index contributed by atoms with van der Waals surface area (Å²) in [6.45, 7) is 2.21. The topological polar surface area (TPSA) is 70.0 Å². The molecule has 1 saturated carbocycles. The number of hydrogen-bond donors (Lipinski definition) is 1. The molecule has 0 bridgehead atoms. The van der Waals surface area contributed by atoms with E-state index in [1.165, 1.54) is 18.9 Å². The molecule has 0 saturated heterocycles. The molecule has 0 radical (unpaired) electrons. The summed E-state index contributed by atoms with van der Waals surface area (Å²) in [7, 11) is -3.49. The van der Waals surface area contributed by atoms with Gasteiger partial charge in [0.05, 0.1) is 16.5 Å². The third-order valence-corrected chi connectivity index (χ3v) is 4.75. The highest BCUT2D eigenvalue weighted by atomic mass is 32.2. The summed E-state index contributed by atoms with van der Waals surface area (Å²) >= 11 is 0. The molecule has 1 aromatic rings. The Hall–Kier alpha value is -1.38. The number of nitrogens with one attached hydrogen (secondary N) is 1. The minimum atomic E-state index is -3.49. The fourth-order valence-electron chi connectivity index (χ4n) is 1.84. The van der Waals surface area contributed by atoms with E-state index in [-0.39, 0.29) is 4.90 Å². The van der Waals surface area contributed by atoms with Gasteiger partial charge in [-0.2, -0.15) is 5.26 Å². The van der Waals surface area contributed by atoms with Gasteiger partial charge in [-0.25, -0.2) is 13.1 Å². The number of nitrogens with zero attached hydrogens (tertiary/aromatic N) is 1. The number of benzene rings is 1. The zero-order valence-electron chi connectivity index (χ0n) is 10.3. The maximum Gasteiger partial charge on any atom is 0.240 e. The van der Waals surface area contributed by atoms with Crippen LogP contribution in [0.25, 0.3) is 0 Å². The number of sulfonamides is 1. The van der Waals surface area contributed by atoms with Crippen LogP contribution in [0.15, 0.2) is 23.1 Å². The summed E-state index contributed by atoms with van der Waals surface area (Å²) in [4.78, 5) is 0.206. The Balaban J connectivity index is 2.14. The van der Waals surface area contributed by atoms with E-state index < -0.39 is 10.0 Å². The Morgan fingerprint density at radius 3 is 2.78 bits per heavy atom. The van der Waals surface area contributed by atoms with Crippen molar-refractivity contribution in [1.82, 2.24) is 4.72 Å². The van der Waals surface area contributed by atoms with Crippen LogP contribution in [0.3, 0.4) is 0 Å². The summed E-state index contributed by atoms with van der Waals surface area (Å²) in [5.74, 6) is 0.694. The van der Waals surface area contributed by atoms with Gasteiger partial charge in [-0.1, -0.05) is 18.9 Å². The lowest BCUT2D eigenvalue weighted by molar-refractivity contribution is 0.574. The molecule has 2 rings (SSSR count). The van der Waals surface area contributed by atoms with Gasteiger partial charge in [0.25, 0.3) is 0 Å². The van der Waals surface area contributed by atoms with Crippen molar-refractivity contribution in [2.45, 2.75) is 31.1 Å². The predicted octanol–water partition coefficient (Wildman–Crippen LogP) is 1.95. The van der Waals surface area contributed by atoms with Crippen LogP contribution in [0.5, 0.6) is 0 Å². The number of nitriles is 1. The molecule has 1 aromatic carbocycles. The highest BCUT2D eigenvalue weighted by molar-refractivity contribution is 7.89. The molecule has 0 unspecified atom stereocenters. The van der Waals surface area contributed by atoms with Gasteiger partial charge in [-0.05, 0) is 37.0 Å². The van der Waals surface area contributed by atoms with Crippen molar-refractivity contribution >= 4 is 10.0 Å². The average molecular weight is 264 g/mol. The largest absolute Gasteiger partial charge is 0.240 e. The molecule has 0 heterocycles. The highest BCUT2D eigenvalue weighted by Gasteiger charge is 2.22. The van der Waals surface area contributed by atoms with E-state index in [9.17, 15) is 8.42 Å². The molecule has 96 valence electrons. The van der Waals surface area contributed by atoms with Crippen molar-refractivity contribution in [3.05, 3.63) is 29.3 Å². The first-order chi connectivity index (χ1) is 8.53. The molecular weight excluding hydrogens is 248 g/mol. The molecular formula is C13H16N2O2S. The van der Waals surface area contributed by atoms with Gasteiger partial charge in [-0.15, -0.1) is 0 Å². The first kappa shape index (κ1) is 13.1. The molecule has 0 aromatic heterocycles. The van der Waals surface area contributed by atoms with Crippen molar-refractivity contribution in [2.24, 2.45) is 5.92 Å². The van der Waals surface area contributed by atoms with Gasteiger partial charge in [0, 0.05) is 6.54 Å². The minimum absolute atomic E-state index is 0.206. The first-order valence-electron chi connectivity index (χ1n) is 6.03. The standard InChI is InChI=1S/C13H16N2O2S/c1-10-2-3-12(9-14)8-13(10)18(16,17)15-7-6-11-4-5-11/h2-3,8,11,15H,4-7H2,1H3. The fourth-order valence-corrected chi connectivity index (χ4v) is 3.16. The molecule has 0 amide bonds. The quantitative estimate of drug-likeness (QED) is 0.883. The van der Waals surface area contributed by atoms with E-state index >= 15 is 0 Å². The van der Waals surface area contributed by atoms with Crippen molar-refractivity contribution in [3.63, 3.8) is 0 Å². The summed E-state index contributed by atoms with van der Waals surface area (Å²) in [6, 6.07) is 6.67. The van der Waals surface area contributed by atoms with Crippen LogP contribution >= 0.6 is 0 Å². The SMILES string of the molecule is Cc1ccc(C#N)cc1S(=O)(=O)NCCC1CC1. The molecule has 0 aliphatic heterocycles. The maximum absolute atomic E-state index is 12.1. The van der Waals surface area contributed by atoms with Gasteiger partial charge >= 0.3 is 0 Å². The predicted molar refractivity (Wildman–Crippen MR) is 68.4 cm³/mol. The van der Waals surface area contributed by atoms with Crippen LogP contribution in [0, 0.1) is 24.2 Å². The highest BCUT2D eigenvalue weighted by Crippen LogP contribution is 2.31. The zero-order chi connectivity index (χ0) is 13.2. The zero-order valence-corrected chi connectivity index (χ0v) is 11.1. The van der Waals surface area contributed by atoms with Crippen LogP contribution in [0.1, 0.15) is 30.4 Å². The monoisotopic (exact) mass is 264 g/mol. The molecule has 4 nitrogen and oxygen atoms in total. The summed E-state index contributed by atoms with van der Waals surface area (Å²) in [5, 5.41) is 8.81. The van der Waals surface area contributed by atoms with Crippen molar-refractivity contribution < 1.29 is 8.42 Å². The van der Waals surface area contributed by atoms with Crippen molar-refractivity contribution in [3.8, 4) is 6.07 Å². The Morgan fingerprint density at radius 1 is 1.44 bits per heavy atom. The van der Waals surface area contributed by atoms with E-state index in [1.807, 2.05) is 6.07 Å². The second kappa shape index (κ2) is 5.09. The molecule has 0 atom stereocenters. The van der Waals surface area contributed by atoms with Crippen LogP contribution in [-0.2, 0) is 10.0 Å². The number of aryl methyl sites for hydroxylation is 1. The van der Waals surface area contributed by atoms with Gasteiger partial charge < -0.3 is 0 Å². The fraction of sp³-hybridized carbons (Fsp3) is 0.462. The van der Waals surface area contributed by atoms with E-state index in [0.717, 1.165) is 6.42 Å². The summed E-state index contributed by atoms with van der Waals surface area (Å²) in [6.07, 6.45) is 3.32. The third-order valence-electron chi connectivity index (χ3n) is 3.15. The van der Waals surface area contributed by atoms with Crippen molar-refractivity contribution in [2.75, 3.05) is 6.54 Å². The van der Waals surface area contributed by atoms with Crippen LogP contribution < -0.4 is 4.72 Å². The Morgan fingerprint density at radius 2 is 2.17 bits per heavy atom. The van der Waals surface area contributed by atoms with Gasteiger partial charge in [0.1, 0.15) is 0 Å². The molecule has 0 spiro atoms. The van der Waals surface area contributed by atoms with Gasteiger partial charge in [-0.3, -0.25) is 0 Å². The number of rotatable bonds is 5. The first-order valence-corrected chi connectivity index (χ1v) is 7.51. The lowest BCUT2D eigenvalue weighted by Crippen LogP contribution is -2.25. The summed E-state index contributed by atoms with van der Waals surface area (Å²) < 4.78 is 26.8. The second-order valence-corrected chi connectivity index (χ2v) is 6.46. The number of hydrogen-bond acceptors (Lipinski definition) is 3. The molecule has 1 aliphatic carbocycles. The normalized spacial score (nSPS) is 15.3. The third kappa shape index (κ3) is 3.09. The molecule has 5 heteroatoms. The average Bonchev–Trinajstić information content (AvgIpc) is 3.13. The summed E-state index contributed by atoms with van der Waals surface area (Å²) in [5.41, 5.74) is 1.02. The minimum Gasteiger partial charge on any atom is -0.211 e. The second-order valence-electron chi connectivity index (χ2n) is 4.72. The smallest absolute Gasteiger partial charge is 0.211 e. The van der Waals surface area contributed by atoms with Crippen molar-refractivity contribution in [1.29, 1.82) is 5.26 Å². The molecule has 1 fully saturated rings. The Labute approximate surface area is 108 Å².